The van der Waals surface area contributed by atoms with Crippen LogP contribution in [-0.4, -0.2) is 96.0 Å². The summed E-state index contributed by atoms with van der Waals surface area (Å²) < 4.78 is 53.7. The zero-order chi connectivity index (χ0) is 39.2. The van der Waals surface area contributed by atoms with Gasteiger partial charge in [0, 0.05) is 12.8 Å². The molecule has 6 atom stereocenters. The molecule has 0 bridgehead atoms. The predicted octanol–water partition coefficient (Wildman–Crippen LogP) is 7.05. The van der Waals surface area contributed by atoms with Crippen molar-refractivity contribution in [3.8, 4) is 0 Å². The minimum absolute atomic E-state index is 0.148. The Labute approximate surface area is 319 Å². The second-order valence-electron chi connectivity index (χ2n) is 14.0. The molecule has 1 heterocycles. The highest BCUT2D eigenvalue weighted by Gasteiger charge is 2.46. The second kappa shape index (κ2) is 31.1. The SMILES string of the molecule is CCCCCCCC/C=C/C/C=C/C/C=C/CCCC(=O)OC[C@H](CO[C@H]1O[C@H](CS(=O)(=O)O)[C@@H](O)C(O)C1O)OC(=O)CCCCCCCCCC. The summed E-state index contributed by atoms with van der Waals surface area (Å²) in [5.74, 6) is -2.06. The lowest BCUT2D eigenvalue weighted by Gasteiger charge is -2.40. The molecule has 0 saturated carbocycles. The van der Waals surface area contributed by atoms with E-state index < -0.39 is 71.2 Å². The molecule has 1 fully saturated rings. The zero-order valence-electron chi connectivity index (χ0n) is 32.4. The van der Waals surface area contributed by atoms with Crippen LogP contribution in [0, 0.1) is 0 Å². The Kier molecular flexibility index (Phi) is 28.7. The van der Waals surface area contributed by atoms with Crippen molar-refractivity contribution < 1.29 is 56.8 Å². The summed E-state index contributed by atoms with van der Waals surface area (Å²) in [4.78, 5) is 25.1. The van der Waals surface area contributed by atoms with Gasteiger partial charge in [0.1, 0.15) is 36.8 Å². The third kappa shape index (κ3) is 26.3. The number of carbonyl (C=O) groups excluding carboxylic acids is 2. The minimum Gasteiger partial charge on any atom is -0.462 e. The number of unbranched alkanes of at least 4 members (excludes halogenated alkanes) is 14. The lowest BCUT2D eigenvalue weighted by Crippen LogP contribution is -2.60. The summed E-state index contributed by atoms with van der Waals surface area (Å²) in [6, 6.07) is 0. The Hall–Kier alpha value is -2.13. The molecule has 1 rings (SSSR count). The van der Waals surface area contributed by atoms with Gasteiger partial charge in [-0.05, 0) is 44.9 Å². The first-order chi connectivity index (χ1) is 25.5. The smallest absolute Gasteiger partial charge is 0.306 e. The van der Waals surface area contributed by atoms with Gasteiger partial charge in [-0.3, -0.25) is 14.1 Å². The summed E-state index contributed by atoms with van der Waals surface area (Å²) >= 11 is 0. The Morgan fingerprint density at radius 2 is 1.15 bits per heavy atom. The van der Waals surface area contributed by atoms with Gasteiger partial charge >= 0.3 is 11.9 Å². The molecule has 1 aliphatic rings. The Morgan fingerprint density at radius 3 is 1.74 bits per heavy atom. The molecule has 0 radical (unpaired) electrons. The van der Waals surface area contributed by atoms with E-state index in [1.165, 1.54) is 64.2 Å². The van der Waals surface area contributed by atoms with Crippen molar-refractivity contribution in [1.82, 2.24) is 0 Å². The molecule has 53 heavy (non-hydrogen) atoms. The van der Waals surface area contributed by atoms with E-state index in [2.05, 4.69) is 44.2 Å². The molecular formula is C40H70O12S. The first kappa shape index (κ1) is 48.9. The van der Waals surface area contributed by atoms with Crippen molar-refractivity contribution >= 4 is 22.1 Å². The van der Waals surface area contributed by atoms with E-state index in [-0.39, 0.29) is 19.4 Å². The van der Waals surface area contributed by atoms with Gasteiger partial charge in [0.25, 0.3) is 10.1 Å². The van der Waals surface area contributed by atoms with Crippen LogP contribution in [0.25, 0.3) is 0 Å². The Bertz CT molecular complexity index is 1140. The number of hydrogen-bond donors (Lipinski definition) is 4. The molecule has 1 aliphatic heterocycles. The van der Waals surface area contributed by atoms with Crippen LogP contribution >= 0.6 is 0 Å². The summed E-state index contributed by atoms with van der Waals surface area (Å²) in [6.07, 6.45) is 23.7. The van der Waals surface area contributed by atoms with E-state index in [1.54, 1.807) is 0 Å². The second-order valence-corrected chi connectivity index (χ2v) is 15.4. The predicted molar refractivity (Wildman–Crippen MR) is 206 cm³/mol. The summed E-state index contributed by atoms with van der Waals surface area (Å²) in [5, 5.41) is 30.7. The standard InChI is InChI=1S/C40H70O12S/c1-3-5-7-9-11-13-14-15-16-17-18-19-20-21-23-24-26-28-35(41)49-30-33(51-36(42)29-27-25-22-12-10-8-6-4-2)31-50-40-39(45)38(44)37(43)34(52-40)32-53(46,47)48/h15-16,18-19,21,23,33-34,37-40,43-45H,3-14,17,20,22,24-32H2,1-2H3,(H,46,47,48)/b16-15+,19-18+,23-21+/t33-,34-,37-,38?,39?,40+/m1/s1. The van der Waals surface area contributed by atoms with Crippen LogP contribution in [-0.2, 0) is 38.7 Å². The lowest BCUT2D eigenvalue weighted by atomic mass is 10.00. The monoisotopic (exact) mass is 774 g/mol. The Balaban J connectivity index is 2.50. The maximum Gasteiger partial charge on any atom is 0.306 e. The van der Waals surface area contributed by atoms with Crippen molar-refractivity contribution in [3.63, 3.8) is 0 Å². The van der Waals surface area contributed by atoms with Crippen molar-refractivity contribution in [2.24, 2.45) is 0 Å². The van der Waals surface area contributed by atoms with Gasteiger partial charge in [-0.1, -0.05) is 127 Å². The molecule has 4 N–H and O–H groups in total. The number of aliphatic hydroxyl groups excluding tert-OH is 3. The number of aliphatic hydroxyl groups is 3. The first-order valence-electron chi connectivity index (χ1n) is 20.0. The highest BCUT2D eigenvalue weighted by atomic mass is 32.2. The third-order valence-electron chi connectivity index (χ3n) is 8.97. The van der Waals surface area contributed by atoms with E-state index in [9.17, 15) is 37.9 Å². The number of hydrogen-bond acceptors (Lipinski definition) is 11. The van der Waals surface area contributed by atoms with E-state index in [1.807, 2.05) is 6.08 Å². The molecular weight excluding hydrogens is 704 g/mol. The van der Waals surface area contributed by atoms with E-state index >= 15 is 0 Å². The van der Waals surface area contributed by atoms with Gasteiger partial charge in [0.2, 0.25) is 0 Å². The van der Waals surface area contributed by atoms with Crippen LogP contribution in [0.3, 0.4) is 0 Å². The minimum atomic E-state index is -4.60. The van der Waals surface area contributed by atoms with Gasteiger partial charge in [0.15, 0.2) is 12.4 Å². The zero-order valence-corrected chi connectivity index (χ0v) is 33.2. The van der Waals surface area contributed by atoms with Crippen LogP contribution in [0.5, 0.6) is 0 Å². The number of carbonyl (C=O) groups is 2. The average Bonchev–Trinajstić information content (AvgIpc) is 3.12. The Morgan fingerprint density at radius 1 is 0.642 bits per heavy atom. The molecule has 0 aromatic rings. The molecule has 0 spiro atoms. The van der Waals surface area contributed by atoms with Crippen LogP contribution in [0.2, 0.25) is 0 Å². The molecule has 0 aromatic heterocycles. The number of ether oxygens (including phenoxy) is 4. The van der Waals surface area contributed by atoms with Crippen LogP contribution < -0.4 is 0 Å². The molecule has 0 aromatic carbocycles. The summed E-state index contributed by atoms with van der Waals surface area (Å²) in [5.41, 5.74) is 0. The van der Waals surface area contributed by atoms with Crippen molar-refractivity contribution in [2.45, 2.75) is 185 Å². The molecule has 13 heteroatoms. The van der Waals surface area contributed by atoms with Gasteiger partial charge in [-0.2, -0.15) is 8.42 Å². The molecule has 0 amide bonds. The highest BCUT2D eigenvalue weighted by molar-refractivity contribution is 7.85. The van der Waals surface area contributed by atoms with Crippen molar-refractivity contribution in [3.05, 3.63) is 36.5 Å². The number of allylic oxidation sites excluding steroid dienone is 6. The van der Waals surface area contributed by atoms with Crippen LogP contribution in [0.15, 0.2) is 36.5 Å². The van der Waals surface area contributed by atoms with Crippen molar-refractivity contribution in [1.29, 1.82) is 0 Å². The number of rotatable bonds is 32. The molecule has 0 aliphatic carbocycles. The van der Waals surface area contributed by atoms with Gasteiger partial charge in [-0.15, -0.1) is 0 Å². The highest BCUT2D eigenvalue weighted by Crippen LogP contribution is 2.24. The summed E-state index contributed by atoms with van der Waals surface area (Å²) in [6.45, 7) is 3.64. The average molecular weight is 775 g/mol. The molecule has 12 nitrogen and oxygen atoms in total. The van der Waals surface area contributed by atoms with E-state index in [0.29, 0.717) is 19.3 Å². The third-order valence-corrected chi connectivity index (χ3v) is 9.72. The fourth-order valence-corrected chi connectivity index (χ4v) is 6.50. The van der Waals surface area contributed by atoms with Crippen LogP contribution in [0.4, 0.5) is 0 Å². The van der Waals surface area contributed by atoms with Gasteiger partial charge in [-0.25, -0.2) is 0 Å². The fraction of sp³-hybridized carbons (Fsp3) is 0.800. The van der Waals surface area contributed by atoms with Crippen molar-refractivity contribution in [2.75, 3.05) is 19.0 Å². The van der Waals surface area contributed by atoms with Crippen LogP contribution in [0.1, 0.15) is 149 Å². The largest absolute Gasteiger partial charge is 0.462 e. The van der Waals surface area contributed by atoms with E-state index in [0.717, 1.165) is 38.5 Å². The molecule has 308 valence electrons. The maximum absolute atomic E-state index is 12.7. The lowest BCUT2D eigenvalue weighted by molar-refractivity contribution is -0.297. The molecule has 2 unspecified atom stereocenters. The topological polar surface area (TPSA) is 186 Å². The van der Waals surface area contributed by atoms with Gasteiger partial charge < -0.3 is 34.3 Å². The quantitative estimate of drug-likeness (QED) is 0.0237. The van der Waals surface area contributed by atoms with Gasteiger partial charge in [0.05, 0.1) is 6.61 Å². The first-order valence-corrected chi connectivity index (χ1v) is 21.7. The fourth-order valence-electron chi connectivity index (χ4n) is 5.81. The number of esters is 2. The summed E-state index contributed by atoms with van der Waals surface area (Å²) in [7, 11) is -4.60. The van der Waals surface area contributed by atoms with E-state index in [4.69, 9.17) is 18.9 Å². The molecule has 1 saturated heterocycles. The maximum atomic E-state index is 12.7. The normalized spacial score (nSPS) is 21.5.